The van der Waals surface area contributed by atoms with Crippen molar-refractivity contribution in [2.24, 2.45) is 0 Å². The number of aromatic nitrogens is 1. The number of carboxylic acids is 1. The summed E-state index contributed by atoms with van der Waals surface area (Å²) >= 11 is 0. The van der Waals surface area contributed by atoms with E-state index in [0.29, 0.717) is 17.8 Å². The second-order valence-corrected chi connectivity index (χ2v) is 4.30. The fourth-order valence-corrected chi connectivity index (χ4v) is 1.35. The number of nitrogen functional groups attached to an aromatic ring is 1. The summed E-state index contributed by atoms with van der Waals surface area (Å²) in [7, 11) is 0. The molecule has 0 aliphatic carbocycles. The molecule has 0 spiro atoms. The van der Waals surface area contributed by atoms with E-state index in [1.54, 1.807) is 19.1 Å². The number of nitrogens with two attached hydrogens (primary N) is 1. The molecular formula is C12H17N3O3. The second-order valence-electron chi connectivity index (χ2n) is 4.30. The molecule has 0 saturated carbocycles. The molecule has 0 radical (unpaired) electrons. The van der Waals surface area contributed by atoms with Crippen LogP contribution in [0.5, 0.6) is 0 Å². The van der Waals surface area contributed by atoms with Crippen LogP contribution >= 0.6 is 0 Å². The monoisotopic (exact) mass is 251 g/mol. The third-order valence-corrected chi connectivity index (χ3v) is 2.78. The normalized spacial score (nSPS) is 13.7. The van der Waals surface area contributed by atoms with E-state index in [1.807, 2.05) is 0 Å². The Bertz CT molecular complexity index is 444. The highest BCUT2D eigenvalue weighted by atomic mass is 16.4. The highest BCUT2D eigenvalue weighted by Crippen LogP contribution is 2.10. The van der Waals surface area contributed by atoms with Gasteiger partial charge in [0.05, 0.1) is 18.3 Å². The van der Waals surface area contributed by atoms with Gasteiger partial charge in [0.2, 0.25) is 5.91 Å². The summed E-state index contributed by atoms with van der Waals surface area (Å²) in [6, 6.07) is 3.28. The van der Waals surface area contributed by atoms with Crippen LogP contribution in [-0.2, 0) is 16.0 Å². The van der Waals surface area contributed by atoms with Gasteiger partial charge in [-0.15, -0.1) is 0 Å². The number of aliphatic carboxylic acids is 1. The zero-order valence-corrected chi connectivity index (χ0v) is 10.4. The van der Waals surface area contributed by atoms with E-state index >= 15 is 0 Å². The van der Waals surface area contributed by atoms with Crippen molar-refractivity contribution >= 4 is 17.6 Å². The van der Waals surface area contributed by atoms with Crippen molar-refractivity contribution in [3.8, 4) is 0 Å². The van der Waals surface area contributed by atoms with E-state index in [4.69, 9.17) is 10.8 Å². The van der Waals surface area contributed by atoms with Gasteiger partial charge in [-0.25, -0.2) is 4.79 Å². The summed E-state index contributed by atoms with van der Waals surface area (Å²) in [6.45, 7) is 3.18. The standard InChI is InChI=1S/C12H17N3O3/c1-3-12(2,11(17)18)15-10(16)6-9-5-4-8(13)7-14-9/h4-5,7H,3,6,13H2,1-2H3,(H,15,16)(H,17,18). The highest BCUT2D eigenvalue weighted by Gasteiger charge is 2.32. The average Bonchev–Trinajstić information content (AvgIpc) is 2.31. The first kappa shape index (κ1) is 14.0. The molecule has 0 aromatic carbocycles. The lowest BCUT2D eigenvalue weighted by Crippen LogP contribution is -2.52. The second kappa shape index (κ2) is 5.48. The predicted molar refractivity (Wildman–Crippen MR) is 66.8 cm³/mol. The van der Waals surface area contributed by atoms with Crippen molar-refractivity contribution in [2.75, 3.05) is 5.73 Å². The van der Waals surface area contributed by atoms with E-state index in [1.165, 1.54) is 13.1 Å². The third kappa shape index (κ3) is 3.44. The quantitative estimate of drug-likeness (QED) is 0.709. The molecule has 18 heavy (non-hydrogen) atoms. The molecule has 6 nitrogen and oxygen atoms in total. The molecule has 1 heterocycles. The lowest BCUT2D eigenvalue weighted by atomic mass is 9.99. The number of nitrogens with one attached hydrogen (secondary N) is 1. The van der Waals surface area contributed by atoms with E-state index in [-0.39, 0.29) is 12.3 Å². The zero-order valence-electron chi connectivity index (χ0n) is 10.4. The number of carboxylic acid groups (broad SMARTS) is 1. The first-order valence-electron chi connectivity index (χ1n) is 5.62. The Hall–Kier alpha value is -2.11. The van der Waals surface area contributed by atoms with E-state index in [0.717, 1.165) is 0 Å². The fourth-order valence-electron chi connectivity index (χ4n) is 1.35. The van der Waals surface area contributed by atoms with Crippen LogP contribution in [0.4, 0.5) is 5.69 Å². The van der Waals surface area contributed by atoms with Crippen molar-refractivity contribution in [1.82, 2.24) is 10.3 Å². The van der Waals surface area contributed by atoms with Gasteiger partial charge in [0, 0.05) is 5.69 Å². The van der Waals surface area contributed by atoms with E-state index < -0.39 is 11.5 Å². The van der Waals surface area contributed by atoms with Gasteiger partial charge in [-0.2, -0.15) is 0 Å². The Morgan fingerprint density at radius 2 is 2.17 bits per heavy atom. The number of hydrogen-bond donors (Lipinski definition) is 3. The Labute approximate surface area is 105 Å². The molecular weight excluding hydrogens is 234 g/mol. The number of carbonyl (C=O) groups is 2. The van der Waals surface area contributed by atoms with Gasteiger partial charge in [-0.05, 0) is 25.5 Å². The first-order valence-corrected chi connectivity index (χ1v) is 5.62. The summed E-state index contributed by atoms with van der Waals surface area (Å²) in [5, 5.41) is 11.5. The lowest BCUT2D eigenvalue weighted by molar-refractivity contribution is -0.146. The Morgan fingerprint density at radius 3 is 2.61 bits per heavy atom. The van der Waals surface area contributed by atoms with Gasteiger partial charge in [-0.1, -0.05) is 6.92 Å². The maximum Gasteiger partial charge on any atom is 0.329 e. The first-order chi connectivity index (χ1) is 8.37. The fraction of sp³-hybridized carbons (Fsp3) is 0.417. The van der Waals surface area contributed by atoms with Crippen LogP contribution in [0.25, 0.3) is 0 Å². The number of carbonyl (C=O) groups excluding carboxylic acids is 1. The summed E-state index contributed by atoms with van der Waals surface area (Å²) in [5.74, 6) is -1.43. The molecule has 1 rings (SSSR count). The maximum absolute atomic E-state index is 11.7. The molecule has 1 amide bonds. The van der Waals surface area contributed by atoms with Crippen molar-refractivity contribution in [1.29, 1.82) is 0 Å². The smallest absolute Gasteiger partial charge is 0.329 e. The minimum atomic E-state index is -1.25. The largest absolute Gasteiger partial charge is 0.480 e. The number of amides is 1. The predicted octanol–water partition coefficient (Wildman–Crippen LogP) is 0.576. The molecule has 0 bridgehead atoms. The van der Waals surface area contributed by atoms with Crippen molar-refractivity contribution in [2.45, 2.75) is 32.2 Å². The van der Waals surface area contributed by atoms with Gasteiger partial charge in [0.25, 0.3) is 0 Å². The molecule has 0 fully saturated rings. The van der Waals surface area contributed by atoms with Crippen LogP contribution in [0, 0.1) is 0 Å². The molecule has 0 saturated heterocycles. The number of hydrogen-bond acceptors (Lipinski definition) is 4. The third-order valence-electron chi connectivity index (χ3n) is 2.78. The number of nitrogens with zero attached hydrogens (tertiary/aromatic N) is 1. The van der Waals surface area contributed by atoms with Gasteiger partial charge in [0.1, 0.15) is 5.54 Å². The van der Waals surface area contributed by atoms with Crippen LogP contribution < -0.4 is 11.1 Å². The van der Waals surface area contributed by atoms with Gasteiger partial charge >= 0.3 is 5.97 Å². The number of pyridine rings is 1. The van der Waals surface area contributed by atoms with Crippen LogP contribution in [0.1, 0.15) is 26.0 Å². The lowest BCUT2D eigenvalue weighted by Gasteiger charge is -2.24. The molecule has 1 atom stereocenters. The van der Waals surface area contributed by atoms with Crippen LogP contribution in [0.3, 0.4) is 0 Å². The molecule has 1 aromatic heterocycles. The molecule has 0 aliphatic heterocycles. The van der Waals surface area contributed by atoms with Crippen LogP contribution in [-0.4, -0.2) is 27.5 Å². The van der Waals surface area contributed by atoms with Crippen molar-refractivity contribution < 1.29 is 14.7 Å². The molecule has 1 aromatic rings. The summed E-state index contributed by atoms with van der Waals surface area (Å²) in [4.78, 5) is 26.8. The van der Waals surface area contributed by atoms with Crippen molar-refractivity contribution in [3.05, 3.63) is 24.0 Å². The molecule has 0 aliphatic rings. The Morgan fingerprint density at radius 1 is 1.50 bits per heavy atom. The van der Waals surface area contributed by atoms with Crippen LogP contribution in [0.2, 0.25) is 0 Å². The molecule has 4 N–H and O–H groups in total. The molecule has 98 valence electrons. The SMILES string of the molecule is CCC(C)(NC(=O)Cc1ccc(N)cn1)C(=O)O. The minimum Gasteiger partial charge on any atom is -0.480 e. The highest BCUT2D eigenvalue weighted by molar-refractivity contribution is 5.87. The summed E-state index contributed by atoms with van der Waals surface area (Å²) < 4.78 is 0. The average molecular weight is 251 g/mol. The van der Waals surface area contributed by atoms with Gasteiger partial charge in [-0.3, -0.25) is 9.78 Å². The Kier molecular flexibility index (Phi) is 4.25. The summed E-state index contributed by atoms with van der Waals surface area (Å²) in [6.07, 6.45) is 1.80. The maximum atomic E-state index is 11.7. The summed E-state index contributed by atoms with van der Waals surface area (Å²) in [5.41, 5.74) is 5.30. The number of anilines is 1. The zero-order chi connectivity index (χ0) is 13.8. The number of rotatable bonds is 5. The van der Waals surface area contributed by atoms with Crippen LogP contribution in [0.15, 0.2) is 18.3 Å². The van der Waals surface area contributed by atoms with E-state index in [2.05, 4.69) is 10.3 Å². The minimum absolute atomic E-state index is 0.0309. The van der Waals surface area contributed by atoms with Crippen molar-refractivity contribution in [3.63, 3.8) is 0 Å². The molecule has 6 heteroatoms. The Balaban J connectivity index is 2.66. The topological polar surface area (TPSA) is 105 Å². The molecule has 1 unspecified atom stereocenters. The van der Waals surface area contributed by atoms with Gasteiger partial charge < -0.3 is 16.2 Å². The van der Waals surface area contributed by atoms with Gasteiger partial charge in [0.15, 0.2) is 0 Å². The van der Waals surface area contributed by atoms with E-state index in [9.17, 15) is 9.59 Å².